The minimum atomic E-state index is -0.459. The predicted octanol–water partition coefficient (Wildman–Crippen LogP) is 2.94. The highest BCUT2D eigenvalue weighted by Crippen LogP contribution is 2.11. The second kappa shape index (κ2) is 7.31. The molecule has 0 saturated heterocycles. The maximum absolute atomic E-state index is 13.6. The number of hydrogen-bond acceptors (Lipinski definition) is 3. The van der Waals surface area contributed by atoms with Gasteiger partial charge in [-0.05, 0) is 25.1 Å². The third kappa shape index (κ3) is 4.24. The van der Waals surface area contributed by atoms with Crippen molar-refractivity contribution in [1.82, 2.24) is 15.2 Å². The first-order chi connectivity index (χ1) is 10.5. The fourth-order valence-electron chi connectivity index (χ4n) is 2.04. The van der Waals surface area contributed by atoms with Crippen molar-refractivity contribution in [2.45, 2.75) is 20.0 Å². The third-order valence-corrected chi connectivity index (χ3v) is 3.91. The highest BCUT2D eigenvalue weighted by atomic mass is 32.1. The van der Waals surface area contributed by atoms with Crippen molar-refractivity contribution < 1.29 is 8.78 Å². The van der Waals surface area contributed by atoms with Crippen LogP contribution in [0.4, 0.5) is 8.78 Å². The minimum Gasteiger partial charge on any atom is -0.352 e. The Morgan fingerprint density at radius 1 is 1.41 bits per heavy atom. The van der Waals surface area contributed by atoms with Crippen molar-refractivity contribution in [3.05, 3.63) is 51.5 Å². The average molecular weight is 324 g/mol. The van der Waals surface area contributed by atoms with Crippen LogP contribution in [0.5, 0.6) is 0 Å². The van der Waals surface area contributed by atoms with E-state index in [1.54, 1.807) is 18.4 Å². The molecule has 2 rings (SSSR count). The molecule has 118 valence electrons. The minimum absolute atomic E-state index is 0.163. The Hall–Kier alpha value is -2.02. The quantitative estimate of drug-likeness (QED) is 0.694. The van der Waals surface area contributed by atoms with Gasteiger partial charge in [0.05, 0.1) is 17.2 Å². The van der Waals surface area contributed by atoms with Gasteiger partial charge in [-0.1, -0.05) is 0 Å². The number of aryl methyl sites for hydroxylation is 1. The number of guanidine groups is 1. The molecule has 0 unspecified atom stereocenters. The number of aliphatic imine (C=N–C) groups is 1. The van der Waals surface area contributed by atoms with E-state index in [4.69, 9.17) is 0 Å². The molecule has 7 heteroatoms. The van der Waals surface area contributed by atoms with Crippen LogP contribution in [0.3, 0.4) is 0 Å². The number of rotatable bonds is 4. The van der Waals surface area contributed by atoms with E-state index in [2.05, 4.69) is 15.3 Å². The van der Waals surface area contributed by atoms with Crippen molar-refractivity contribution >= 4 is 17.3 Å². The fraction of sp³-hybridized carbons (Fsp3) is 0.333. The van der Waals surface area contributed by atoms with Gasteiger partial charge in [0, 0.05) is 31.6 Å². The van der Waals surface area contributed by atoms with Crippen LogP contribution in [0.1, 0.15) is 16.3 Å². The Balaban J connectivity index is 1.98. The Morgan fingerprint density at radius 3 is 2.82 bits per heavy atom. The molecule has 0 radical (unpaired) electrons. The summed E-state index contributed by atoms with van der Waals surface area (Å²) in [5.74, 6) is -0.309. The summed E-state index contributed by atoms with van der Waals surface area (Å²) in [4.78, 5) is 10.4. The molecule has 1 heterocycles. The molecule has 0 bridgehead atoms. The van der Waals surface area contributed by atoms with E-state index in [9.17, 15) is 8.78 Å². The van der Waals surface area contributed by atoms with Crippen molar-refractivity contribution in [2.24, 2.45) is 4.99 Å². The summed E-state index contributed by atoms with van der Waals surface area (Å²) in [7, 11) is 3.51. The Morgan fingerprint density at radius 2 is 2.18 bits per heavy atom. The number of nitrogens with one attached hydrogen (secondary N) is 1. The molecular weight excluding hydrogens is 306 g/mol. The van der Waals surface area contributed by atoms with E-state index in [0.717, 1.165) is 22.8 Å². The second-order valence-electron chi connectivity index (χ2n) is 4.85. The third-order valence-electron chi connectivity index (χ3n) is 3.08. The molecule has 1 aromatic heterocycles. The Kier molecular flexibility index (Phi) is 5.43. The van der Waals surface area contributed by atoms with Crippen LogP contribution in [0, 0.1) is 18.6 Å². The molecule has 0 atom stereocenters. The van der Waals surface area contributed by atoms with Crippen LogP contribution in [0.15, 0.2) is 28.6 Å². The highest BCUT2D eigenvalue weighted by molar-refractivity contribution is 7.09. The molecular formula is C15H18F2N4S. The van der Waals surface area contributed by atoms with Crippen LogP contribution in [-0.2, 0) is 13.1 Å². The highest BCUT2D eigenvalue weighted by Gasteiger charge is 2.10. The van der Waals surface area contributed by atoms with Gasteiger partial charge < -0.3 is 10.2 Å². The van der Waals surface area contributed by atoms with E-state index in [0.29, 0.717) is 12.5 Å². The number of halogens is 2. The molecule has 0 aliphatic carbocycles. The van der Waals surface area contributed by atoms with Gasteiger partial charge in [0.1, 0.15) is 11.6 Å². The molecule has 0 fully saturated rings. The van der Waals surface area contributed by atoms with E-state index >= 15 is 0 Å². The normalized spacial score (nSPS) is 11.6. The van der Waals surface area contributed by atoms with Gasteiger partial charge in [0.15, 0.2) is 5.96 Å². The first-order valence-electron chi connectivity index (χ1n) is 6.76. The topological polar surface area (TPSA) is 40.5 Å². The number of nitrogens with zero attached hydrogens (tertiary/aromatic N) is 3. The number of thiazole rings is 1. The summed E-state index contributed by atoms with van der Waals surface area (Å²) in [5.41, 5.74) is 1.21. The molecule has 2 aromatic rings. The molecule has 22 heavy (non-hydrogen) atoms. The first kappa shape index (κ1) is 16.4. The summed E-state index contributed by atoms with van der Waals surface area (Å²) in [5, 5.41) is 6.02. The summed E-state index contributed by atoms with van der Waals surface area (Å²) < 4.78 is 26.8. The Bertz CT molecular complexity index is 669. The van der Waals surface area contributed by atoms with Gasteiger partial charge in [-0.15, -0.1) is 11.3 Å². The zero-order chi connectivity index (χ0) is 16.1. The molecule has 0 aliphatic heterocycles. The average Bonchev–Trinajstić information content (AvgIpc) is 2.88. The molecule has 0 amide bonds. The van der Waals surface area contributed by atoms with Gasteiger partial charge in [0.2, 0.25) is 0 Å². The van der Waals surface area contributed by atoms with E-state index in [-0.39, 0.29) is 12.1 Å². The van der Waals surface area contributed by atoms with Crippen molar-refractivity contribution in [1.29, 1.82) is 0 Å². The summed E-state index contributed by atoms with van der Waals surface area (Å²) >= 11 is 1.59. The van der Waals surface area contributed by atoms with Crippen LogP contribution < -0.4 is 5.32 Å². The van der Waals surface area contributed by atoms with Gasteiger partial charge in [-0.2, -0.15) is 0 Å². The lowest BCUT2D eigenvalue weighted by atomic mass is 10.2. The van der Waals surface area contributed by atoms with Crippen molar-refractivity contribution in [3.8, 4) is 0 Å². The maximum atomic E-state index is 13.6. The summed E-state index contributed by atoms with van der Waals surface area (Å²) in [6.45, 7) is 2.71. The second-order valence-corrected chi connectivity index (χ2v) is 5.91. The maximum Gasteiger partial charge on any atom is 0.194 e. The van der Waals surface area contributed by atoms with Crippen LogP contribution in [0.2, 0.25) is 0 Å². The molecule has 0 saturated carbocycles. The predicted molar refractivity (Wildman–Crippen MR) is 84.9 cm³/mol. The van der Waals surface area contributed by atoms with Gasteiger partial charge in [0.25, 0.3) is 0 Å². The van der Waals surface area contributed by atoms with Gasteiger partial charge >= 0.3 is 0 Å². The lowest BCUT2D eigenvalue weighted by molar-refractivity contribution is 0.469. The van der Waals surface area contributed by atoms with Gasteiger partial charge in [-0.25, -0.2) is 13.8 Å². The molecule has 0 aliphatic rings. The van der Waals surface area contributed by atoms with Crippen molar-refractivity contribution in [3.63, 3.8) is 0 Å². The lowest BCUT2D eigenvalue weighted by Gasteiger charge is -2.21. The largest absolute Gasteiger partial charge is 0.352 e. The van der Waals surface area contributed by atoms with Crippen molar-refractivity contribution in [2.75, 3.05) is 14.1 Å². The zero-order valence-electron chi connectivity index (χ0n) is 12.7. The van der Waals surface area contributed by atoms with Crippen LogP contribution in [-0.4, -0.2) is 29.9 Å². The molecule has 4 nitrogen and oxygen atoms in total. The van der Waals surface area contributed by atoms with E-state index in [1.807, 2.05) is 24.3 Å². The smallest absolute Gasteiger partial charge is 0.194 e. The fourth-order valence-corrected chi connectivity index (χ4v) is 2.64. The van der Waals surface area contributed by atoms with Gasteiger partial charge in [-0.3, -0.25) is 4.99 Å². The summed E-state index contributed by atoms with van der Waals surface area (Å²) in [6, 6.07) is 3.40. The number of aromatic nitrogens is 1. The first-order valence-corrected chi connectivity index (χ1v) is 7.64. The van der Waals surface area contributed by atoms with Crippen LogP contribution in [0.25, 0.3) is 0 Å². The number of hydrogen-bond donors (Lipinski definition) is 1. The standard InChI is InChI=1S/C15H18F2N4S/c1-10-20-13(9-22-10)8-21(3)15(18-2)19-7-11-6-12(16)4-5-14(11)17/h4-6,9H,7-8H2,1-3H3,(H,18,19). The molecule has 0 spiro atoms. The summed E-state index contributed by atoms with van der Waals surface area (Å²) in [6.07, 6.45) is 0. The van der Waals surface area contributed by atoms with Crippen LogP contribution >= 0.6 is 11.3 Å². The Labute approximate surface area is 132 Å². The van der Waals surface area contributed by atoms with E-state index in [1.165, 1.54) is 6.07 Å². The lowest BCUT2D eigenvalue weighted by Crippen LogP contribution is -2.38. The molecule has 1 N–H and O–H groups in total. The van der Waals surface area contributed by atoms with E-state index < -0.39 is 11.6 Å². The SMILES string of the molecule is CN=C(NCc1cc(F)ccc1F)N(C)Cc1csc(C)n1. The monoisotopic (exact) mass is 324 g/mol. The molecule has 1 aromatic carbocycles. The number of benzene rings is 1. The zero-order valence-corrected chi connectivity index (χ0v) is 13.5.